The van der Waals surface area contributed by atoms with E-state index < -0.39 is 6.09 Å². The summed E-state index contributed by atoms with van der Waals surface area (Å²) in [6.07, 6.45) is 1.04. The van der Waals surface area contributed by atoms with Crippen LogP contribution in [0.2, 0.25) is 0 Å². The minimum atomic E-state index is -0.939. The summed E-state index contributed by atoms with van der Waals surface area (Å²) < 4.78 is 5.07. The Hall–Kier alpha value is -0.770. The first-order valence-corrected chi connectivity index (χ1v) is 4.69. The lowest BCUT2D eigenvalue weighted by molar-refractivity contribution is 0.185. The van der Waals surface area contributed by atoms with Crippen molar-refractivity contribution in [3.8, 4) is 0 Å². The molecule has 1 aliphatic heterocycles. The van der Waals surface area contributed by atoms with Crippen LogP contribution in [0.4, 0.5) is 4.79 Å². The molecule has 1 rings (SSSR count). The SMILES string of the molecule is CC(C)C[C@@H](CC1CO1)NC(=O)O. The van der Waals surface area contributed by atoms with Gasteiger partial charge in [0.15, 0.2) is 0 Å². The average Bonchev–Trinajstić information content (AvgIpc) is 2.67. The third-order valence-corrected chi connectivity index (χ3v) is 2.03. The van der Waals surface area contributed by atoms with Crippen molar-refractivity contribution in [1.82, 2.24) is 5.32 Å². The van der Waals surface area contributed by atoms with Gasteiger partial charge in [-0.05, 0) is 18.8 Å². The number of carbonyl (C=O) groups is 1. The van der Waals surface area contributed by atoms with Gasteiger partial charge in [-0.15, -0.1) is 0 Å². The van der Waals surface area contributed by atoms with Crippen LogP contribution >= 0.6 is 0 Å². The van der Waals surface area contributed by atoms with Crippen LogP contribution in [0.5, 0.6) is 0 Å². The van der Waals surface area contributed by atoms with Gasteiger partial charge in [-0.1, -0.05) is 13.8 Å². The molecule has 1 saturated heterocycles. The summed E-state index contributed by atoms with van der Waals surface area (Å²) in [6.45, 7) is 4.96. The lowest BCUT2D eigenvalue weighted by Crippen LogP contribution is -2.35. The van der Waals surface area contributed by atoms with Gasteiger partial charge >= 0.3 is 6.09 Å². The molecule has 0 aliphatic carbocycles. The Bertz CT molecular complexity index is 174. The van der Waals surface area contributed by atoms with Crippen molar-refractivity contribution in [3.63, 3.8) is 0 Å². The van der Waals surface area contributed by atoms with Gasteiger partial charge in [-0.25, -0.2) is 4.79 Å². The minimum absolute atomic E-state index is 0.0463. The molecule has 0 radical (unpaired) electrons. The second-order valence-corrected chi connectivity index (χ2v) is 3.97. The molecule has 2 atom stereocenters. The molecule has 0 aromatic heterocycles. The van der Waals surface area contributed by atoms with Crippen LogP contribution in [0.15, 0.2) is 0 Å². The van der Waals surface area contributed by atoms with E-state index in [4.69, 9.17) is 9.84 Å². The third kappa shape index (κ3) is 4.72. The molecule has 1 fully saturated rings. The monoisotopic (exact) mass is 187 g/mol. The highest BCUT2D eigenvalue weighted by atomic mass is 16.6. The quantitative estimate of drug-likeness (QED) is 0.640. The van der Waals surface area contributed by atoms with Gasteiger partial charge in [-0.3, -0.25) is 0 Å². The largest absolute Gasteiger partial charge is 0.465 e. The van der Waals surface area contributed by atoms with Crippen molar-refractivity contribution in [2.45, 2.75) is 38.8 Å². The van der Waals surface area contributed by atoms with Crippen LogP contribution in [0, 0.1) is 5.92 Å². The maximum atomic E-state index is 10.4. The number of ether oxygens (including phenoxy) is 1. The molecule has 76 valence electrons. The summed E-state index contributed by atoms with van der Waals surface area (Å²) in [5.74, 6) is 0.510. The van der Waals surface area contributed by atoms with Crippen LogP contribution in [0.3, 0.4) is 0 Å². The van der Waals surface area contributed by atoms with E-state index in [2.05, 4.69) is 19.2 Å². The molecule has 4 heteroatoms. The van der Waals surface area contributed by atoms with Gasteiger partial charge in [-0.2, -0.15) is 0 Å². The van der Waals surface area contributed by atoms with E-state index in [0.29, 0.717) is 5.92 Å². The van der Waals surface area contributed by atoms with Crippen LogP contribution in [0.25, 0.3) is 0 Å². The number of rotatable bonds is 5. The van der Waals surface area contributed by atoms with Crippen molar-refractivity contribution in [3.05, 3.63) is 0 Å². The Kier molecular flexibility index (Phi) is 3.54. The maximum Gasteiger partial charge on any atom is 0.404 e. The molecule has 2 N–H and O–H groups in total. The molecule has 0 bridgehead atoms. The highest BCUT2D eigenvalue weighted by molar-refractivity contribution is 5.64. The summed E-state index contributed by atoms with van der Waals surface area (Å²) in [4.78, 5) is 10.4. The van der Waals surface area contributed by atoms with Gasteiger partial charge in [0.1, 0.15) is 0 Å². The zero-order chi connectivity index (χ0) is 9.84. The standard InChI is InChI=1S/C9H17NO3/c1-6(2)3-7(10-9(11)12)4-8-5-13-8/h6-8,10H,3-5H2,1-2H3,(H,11,12)/t7-,8?/m0/s1. The van der Waals surface area contributed by atoms with Crippen LogP contribution in [-0.2, 0) is 4.74 Å². The Morgan fingerprint density at radius 1 is 1.69 bits per heavy atom. The smallest absolute Gasteiger partial charge is 0.404 e. The van der Waals surface area contributed by atoms with Crippen LogP contribution < -0.4 is 5.32 Å². The molecule has 0 saturated carbocycles. The van der Waals surface area contributed by atoms with E-state index in [1.165, 1.54) is 0 Å². The molecular formula is C9H17NO3. The molecule has 0 aromatic carbocycles. The van der Waals surface area contributed by atoms with E-state index in [-0.39, 0.29) is 12.1 Å². The summed E-state index contributed by atoms with van der Waals surface area (Å²) in [5.41, 5.74) is 0. The topological polar surface area (TPSA) is 61.9 Å². The van der Waals surface area contributed by atoms with Crippen molar-refractivity contribution in [2.24, 2.45) is 5.92 Å². The summed E-state index contributed by atoms with van der Waals surface area (Å²) in [7, 11) is 0. The van der Waals surface area contributed by atoms with E-state index in [0.717, 1.165) is 19.4 Å². The summed E-state index contributed by atoms with van der Waals surface area (Å²) >= 11 is 0. The Labute approximate surface area is 78.3 Å². The first-order valence-electron chi connectivity index (χ1n) is 4.69. The average molecular weight is 187 g/mol. The normalized spacial score (nSPS) is 22.8. The zero-order valence-corrected chi connectivity index (χ0v) is 8.12. The molecule has 1 amide bonds. The van der Waals surface area contributed by atoms with Crippen molar-refractivity contribution < 1.29 is 14.6 Å². The molecule has 13 heavy (non-hydrogen) atoms. The van der Waals surface area contributed by atoms with Gasteiger partial charge < -0.3 is 15.2 Å². The van der Waals surface area contributed by atoms with Crippen LogP contribution in [0.1, 0.15) is 26.7 Å². The molecule has 1 aliphatic rings. The van der Waals surface area contributed by atoms with Gasteiger partial charge in [0.25, 0.3) is 0 Å². The highest BCUT2D eigenvalue weighted by Gasteiger charge is 2.27. The molecule has 4 nitrogen and oxygen atoms in total. The fourth-order valence-corrected chi connectivity index (χ4v) is 1.48. The molecule has 0 spiro atoms. The van der Waals surface area contributed by atoms with Gasteiger partial charge in [0.05, 0.1) is 12.7 Å². The summed E-state index contributed by atoms with van der Waals surface area (Å²) in [6, 6.07) is 0.0463. The van der Waals surface area contributed by atoms with Gasteiger partial charge in [0, 0.05) is 6.04 Å². The van der Waals surface area contributed by atoms with Crippen molar-refractivity contribution in [1.29, 1.82) is 0 Å². The van der Waals surface area contributed by atoms with E-state index in [1.54, 1.807) is 0 Å². The second kappa shape index (κ2) is 4.46. The predicted molar refractivity (Wildman–Crippen MR) is 48.8 cm³/mol. The lowest BCUT2D eigenvalue weighted by Gasteiger charge is -2.17. The molecule has 0 aromatic rings. The van der Waals surface area contributed by atoms with Crippen LogP contribution in [-0.4, -0.2) is 30.0 Å². The van der Waals surface area contributed by atoms with E-state index in [9.17, 15) is 4.79 Å². The number of hydrogen-bond donors (Lipinski definition) is 2. The zero-order valence-electron chi connectivity index (χ0n) is 8.12. The third-order valence-electron chi connectivity index (χ3n) is 2.03. The highest BCUT2D eigenvalue weighted by Crippen LogP contribution is 2.19. The lowest BCUT2D eigenvalue weighted by atomic mass is 10.00. The van der Waals surface area contributed by atoms with Gasteiger partial charge in [0.2, 0.25) is 0 Å². The summed E-state index contributed by atoms with van der Waals surface area (Å²) in [5, 5.41) is 11.1. The molecular weight excluding hydrogens is 170 g/mol. The first-order chi connectivity index (χ1) is 6.08. The number of carboxylic acid groups (broad SMARTS) is 1. The Balaban J connectivity index is 2.27. The van der Waals surface area contributed by atoms with E-state index >= 15 is 0 Å². The van der Waals surface area contributed by atoms with E-state index in [1.807, 2.05) is 0 Å². The fourth-order valence-electron chi connectivity index (χ4n) is 1.48. The minimum Gasteiger partial charge on any atom is -0.465 e. The fraction of sp³-hybridized carbons (Fsp3) is 0.889. The van der Waals surface area contributed by atoms with Crippen molar-refractivity contribution in [2.75, 3.05) is 6.61 Å². The number of hydrogen-bond acceptors (Lipinski definition) is 2. The molecule has 1 heterocycles. The Morgan fingerprint density at radius 2 is 2.31 bits per heavy atom. The predicted octanol–water partition coefficient (Wildman–Crippen LogP) is 1.46. The molecule has 1 unspecified atom stereocenters. The number of amides is 1. The second-order valence-electron chi connectivity index (χ2n) is 3.97. The number of epoxide rings is 1. The Morgan fingerprint density at radius 3 is 2.69 bits per heavy atom. The first kappa shape index (κ1) is 10.3. The van der Waals surface area contributed by atoms with Crippen molar-refractivity contribution >= 4 is 6.09 Å². The number of nitrogens with one attached hydrogen (secondary N) is 1. The maximum absolute atomic E-state index is 10.4.